The maximum atomic E-state index is 11.9. The number of likely N-dealkylation sites (N-methyl/N-ethyl adjacent to an activating group) is 1. The predicted octanol–water partition coefficient (Wildman–Crippen LogP) is -2.03. The molecule has 0 rings (SSSR count). The van der Waals surface area contributed by atoms with Crippen molar-refractivity contribution in [2.45, 2.75) is 52.1 Å². The van der Waals surface area contributed by atoms with Gasteiger partial charge in [0.15, 0.2) is 0 Å². The van der Waals surface area contributed by atoms with E-state index in [-0.39, 0.29) is 25.5 Å². The van der Waals surface area contributed by atoms with Crippen molar-refractivity contribution in [2.75, 3.05) is 32.7 Å². The summed E-state index contributed by atoms with van der Waals surface area (Å²) in [4.78, 5) is 46.3. The number of nitrogens with two attached hydrogens (primary N) is 1. The molecule has 0 heterocycles. The number of primary amides is 1. The Balaban J connectivity index is 4.04. The highest BCUT2D eigenvalue weighted by Crippen LogP contribution is 2.00. The van der Waals surface area contributed by atoms with Gasteiger partial charge in [-0.3, -0.25) is 19.2 Å². The van der Waals surface area contributed by atoms with E-state index in [1.54, 1.807) is 0 Å². The number of rotatable bonds is 15. The lowest BCUT2D eigenvalue weighted by molar-refractivity contribution is -0.129. The van der Waals surface area contributed by atoms with Crippen LogP contribution in [0.1, 0.15) is 40.0 Å². The van der Waals surface area contributed by atoms with Crippen LogP contribution in [0.3, 0.4) is 0 Å². The summed E-state index contributed by atoms with van der Waals surface area (Å²) in [6, 6.07) is -0.374. The van der Waals surface area contributed by atoms with E-state index >= 15 is 0 Å². The lowest BCUT2D eigenvalue weighted by Gasteiger charge is -2.16. The normalized spacial score (nSPS) is 11.7. The molecule has 0 saturated carbocycles. The summed E-state index contributed by atoms with van der Waals surface area (Å²) in [7, 11) is 0. The van der Waals surface area contributed by atoms with Crippen molar-refractivity contribution in [1.82, 2.24) is 26.6 Å². The Morgan fingerprint density at radius 2 is 1.48 bits per heavy atom. The maximum absolute atomic E-state index is 11.9. The van der Waals surface area contributed by atoms with Crippen LogP contribution < -0.4 is 32.3 Å². The topological polar surface area (TPSA) is 154 Å². The molecule has 156 valence electrons. The standard InChI is InChI=1S/C17H34N6O4/c1-4-19-9-14(24)21-10-15(25)22-11-16(26)23-13(17(18)27)7-5-6-8-20-12(2)3/h12-13,19-20H,4-11H2,1-3H3,(H2,18,27)(H,21,24)(H,22,25)(H,23,26)/t13-/m0/s1. The Bertz CT molecular complexity index is 484. The van der Waals surface area contributed by atoms with Crippen molar-refractivity contribution in [3.63, 3.8) is 0 Å². The van der Waals surface area contributed by atoms with Crippen molar-refractivity contribution in [3.8, 4) is 0 Å². The maximum Gasteiger partial charge on any atom is 0.240 e. The molecular weight excluding hydrogens is 352 g/mol. The van der Waals surface area contributed by atoms with Crippen molar-refractivity contribution >= 4 is 23.6 Å². The van der Waals surface area contributed by atoms with Gasteiger partial charge in [-0.1, -0.05) is 20.8 Å². The predicted molar refractivity (Wildman–Crippen MR) is 103 cm³/mol. The van der Waals surface area contributed by atoms with Gasteiger partial charge in [0.25, 0.3) is 0 Å². The van der Waals surface area contributed by atoms with E-state index in [0.29, 0.717) is 19.0 Å². The highest BCUT2D eigenvalue weighted by atomic mass is 16.2. The average Bonchev–Trinajstić information content (AvgIpc) is 2.61. The van der Waals surface area contributed by atoms with Gasteiger partial charge >= 0.3 is 0 Å². The Hall–Kier alpha value is -2.20. The van der Waals surface area contributed by atoms with E-state index in [9.17, 15) is 19.2 Å². The van der Waals surface area contributed by atoms with Gasteiger partial charge in [0, 0.05) is 6.04 Å². The summed E-state index contributed by atoms with van der Waals surface area (Å²) in [5, 5.41) is 13.4. The number of nitrogens with one attached hydrogen (secondary N) is 5. The lowest BCUT2D eigenvalue weighted by atomic mass is 10.1. The molecule has 0 spiro atoms. The molecule has 0 radical (unpaired) electrons. The molecule has 1 atom stereocenters. The summed E-state index contributed by atoms with van der Waals surface area (Å²) < 4.78 is 0. The third kappa shape index (κ3) is 14.6. The fourth-order valence-corrected chi connectivity index (χ4v) is 2.12. The van der Waals surface area contributed by atoms with Gasteiger partial charge in [-0.25, -0.2) is 0 Å². The van der Waals surface area contributed by atoms with Crippen molar-refractivity contribution in [3.05, 3.63) is 0 Å². The second kappa shape index (κ2) is 14.9. The molecule has 0 aliphatic rings. The van der Waals surface area contributed by atoms with Crippen molar-refractivity contribution < 1.29 is 19.2 Å². The average molecular weight is 386 g/mol. The highest BCUT2D eigenvalue weighted by molar-refractivity contribution is 5.90. The number of unbranched alkanes of at least 4 members (excludes halogenated alkanes) is 1. The Labute approximate surface area is 160 Å². The highest BCUT2D eigenvalue weighted by Gasteiger charge is 2.18. The minimum atomic E-state index is -0.770. The van der Waals surface area contributed by atoms with Gasteiger partial charge in [0.1, 0.15) is 6.04 Å². The molecule has 27 heavy (non-hydrogen) atoms. The van der Waals surface area contributed by atoms with E-state index in [0.717, 1.165) is 19.4 Å². The molecule has 4 amide bonds. The summed E-state index contributed by atoms with van der Waals surface area (Å²) >= 11 is 0. The zero-order chi connectivity index (χ0) is 20.7. The zero-order valence-corrected chi connectivity index (χ0v) is 16.5. The minimum absolute atomic E-state index is 0.122. The number of hydrogen-bond acceptors (Lipinski definition) is 6. The van der Waals surface area contributed by atoms with Gasteiger partial charge in [0.2, 0.25) is 23.6 Å². The second-order valence-electron chi connectivity index (χ2n) is 6.46. The first-order valence-corrected chi connectivity index (χ1v) is 9.32. The Morgan fingerprint density at radius 3 is 2.04 bits per heavy atom. The Morgan fingerprint density at radius 1 is 0.889 bits per heavy atom. The van der Waals surface area contributed by atoms with E-state index in [2.05, 4.69) is 26.6 Å². The summed E-state index contributed by atoms with van der Waals surface area (Å²) in [6.45, 7) is 7.04. The fourth-order valence-electron chi connectivity index (χ4n) is 2.12. The SMILES string of the molecule is CCNCC(=O)NCC(=O)NCC(=O)N[C@@H](CCCCNC(C)C)C(N)=O. The van der Waals surface area contributed by atoms with Crippen LogP contribution >= 0.6 is 0 Å². The first-order valence-electron chi connectivity index (χ1n) is 9.32. The smallest absolute Gasteiger partial charge is 0.240 e. The molecule has 0 aliphatic heterocycles. The molecule has 0 fully saturated rings. The van der Waals surface area contributed by atoms with Crippen LogP contribution in [0.15, 0.2) is 0 Å². The van der Waals surface area contributed by atoms with Gasteiger partial charge in [0.05, 0.1) is 19.6 Å². The number of carbonyl (C=O) groups excluding carboxylic acids is 4. The van der Waals surface area contributed by atoms with Crippen LogP contribution in [0.4, 0.5) is 0 Å². The van der Waals surface area contributed by atoms with Gasteiger partial charge in [-0.15, -0.1) is 0 Å². The van der Waals surface area contributed by atoms with Crippen LogP contribution in [-0.4, -0.2) is 68.4 Å². The molecule has 0 aromatic heterocycles. The van der Waals surface area contributed by atoms with E-state index < -0.39 is 23.8 Å². The lowest BCUT2D eigenvalue weighted by Crippen LogP contribution is -2.49. The molecule has 10 heteroatoms. The molecule has 0 aliphatic carbocycles. The van der Waals surface area contributed by atoms with Crippen molar-refractivity contribution in [2.24, 2.45) is 5.73 Å². The second-order valence-corrected chi connectivity index (χ2v) is 6.46. The largest absolute Gasteiger partial charge is 0.368 e. The molecule has 0 saturated heterocycles. The van der Waals surface area contributed by atoms with Crippen molar-refractivity contribution in [1.29, 1.82) is 0 Å². The number of amides is 4. The van der Waals surface area contributed by atoms with E-state index in [1.807, 2.05) is 20.8 Å². The summed E-state index contributed by atoms with van der Waals surface area (Å²) in [5.74, 6) is -1.92. The summed E-state index contributed by atoms with van der Waals surface area (Å²) in [5.41, 5.74) is 5.31. The first-order chi connectivity index (χ1) is 12.8. The molecule has 0 unspecified atom stereocenters. The minimum Gasteiger partial charge on any atom is -0.368 e. The zero-order valence-electron chi connectivity index (χ0n) is 16.5. The number of hydrogen-bond donors (Lipinski definition) is 6. The number of carbonyl (C=O) groups is 4. The van der Waals surface area contributed by atoms with E-state index in [4.69, 9.17) is 5.73 Å². The van der Waals surface area contributed by atoms with Crippen LogP contribution in [0.25, 0.3) is 0 Å². The monoisotopic (exact) mass is 386 g/mol. The molecule has 0 aromatic carbocycles. The molecule has 7 N–H and O–H groups in total. The van der Waals surface area contributed by atoms with Crippen LogP contribution in [0.2, 0.25) is 0 Å². The van der Waals surface area contributed by atoms with Gasteiger partial charge in [-0.2, -0.15) is 0 Å². The third-order valence-corrected chi connectivity index (χ3v) is 3.58. The molecule has 0 bridgehead atoms. The van der Waals surface area contributed by atoms with E-state index in [1.165, 1.54) is 0 Å². The van der Waals surface area contributed by atoms with Crippen LogP contribution in [0, 0.1) is 0 Å². The Kier molecular flexibility index (Phi) is 13.7. The quantitative estimate of drug-likeness (QED) is 0.178. The summed E-state index contributed by atoms with van der Waals surface area (Å²) in [6.07, 6.45) is 2.04. The molecule has 0 aromatic rings. The van der Waals surface area contributed by atoms with Gasteiger partial charge < -0.3 is 32.3 Å². The van der Waals surface area contributed by atoms with Crippen LogP contribution in [-0.2, 0) is 19.2 Å². The van der Waals surface area contributed by atoms with Crippen LogP contribution in [0.5, 0.6) is 0 Å². The molecule has 10 nitrogen and oxygen atoms in total. The molecular formula is C17H34N6O4. The fraction of sp³-hybridized carbons (Fsp3) is 0.765. The van der Waals surface area contributed by atoms with Gasteiger partial charge in [-0.05, 0) is 32.4 Å². The first kappa shape index (κ1) is 24.8. The third-order valence-electron chi connectivity index (χ3n) is 3.58.